The van der Waals surface area contributed by atoms with Crippen LogP contribution < -0.4 is 5.32 Å². The third-order valence-corrected chi connectivity index (χ3v) is 3.20. The summed E-state index contributed by atoms with van der Waals surface area (Å²) in [5.74, 6) is 0.430. The number of benzene rings is 1. The van der Waals surface area contributed by atoms with Gasteiger partial charge in [-0.1, -0.05) is 30.3 Å². The predicted octanol–water partition coefficient (Wildman–Crippen LogP) is 1.86. The molecule has 2 rings (SSSR count). The van der Waals surface area contributed by atoms with Gasteiger partial charge in [0.1, 0.15) is 0 Å². The van der Waals surface area contributed by atoms with Gasteiger partial charge in [-0.3, -0.25) is 0 Å². The maximum atomic E-state index is 11.7. The average molecular weight is 248 g/mol. The minimum absolute atomic E-state index is 0.195. The molecule has 1 N–H and O–H groups in total. The molecule has 1 aromatic carbocycles. The van der Waals surface area contributed by atoms with Crippen LogP contribution in [0.1, 0.15) is 12.0 Å². The highest BCUT2D eigenvalue weighted by Crippen LogP contribution is 2.16. The summed E-state index contributed by atoms with van der Waals surface area (Å²) in [5, 5.41) is 3.13. The molecule has 4 nitrogen and oxygen atoms in total. The first-order chi connectivity index (χ1) is 8.79. The predicted molar refractivity (Wildman–Crippen MR) is 70.2 cm³/mol. The van der Waals surface area contributed by atoms with E-state index in [0.717, 1.165) is 25.1 Å². The van der Waals surface area contributed by atoms with Crippen molar-refractivity contribution in [2.45, 2.75) is 13.0 Å². The molecule has 1 atom stereocenters. The highest BCUT2D eigenvalue weighted by atomic mass is 16.6. The van der Waals surface area contributed by atoms with Gasteiger partial charge >= 0.3 is 6.09 Å². The van der Waals surface area contributed by atoms with Gasteiger partial charge in [0.2, 0.25) is 0 Å². The second kappa shape index (κ2) is 6.40. The van der Waals surface area contributed by atoms with Crippen molar-refractivity contribution in [2.75, 3.05) is 26.7 Å². The van der Waals surface area contributed by atoms with E-state index < -0.39 is 0 Å². The Morgan fingerprint density at radius 3 is 2.89 bits per heavy atom. The van der Waals surface area contributed by atoms with Gasteiger partial charge in [-0.05, 0) is 25.6 Å². The molecule has 1 saturated heterocycles. The first-order valence-corrected chi connectivity index (χ1v) is 6.40. The van der Waals surface area contributed by atoms with Gasteiger partial charge in [-0.25, -0.2) is 4.79 Å². The molecule has 0 spiro atoms. The van der Waals surface area contributed by atoms with Crippen LogP contribution in [-0.2, 0) is 11.3 Å². The fraction of sp³-hybridized carbons (Fsp3) is 0.500. The maximum absolute atomic E-state index is 11.7. The number of hydrogen-bond donors (Lipinski definition) is 1. The molecule has 1 amide bonds. The fourth-order valence-corrected chi connectivity index (χ4v) is 2.18. The minimum Gasteiger partial charge on any atom is -0.449 e. The molecule has 1 unspecified atom stereocenters. The molecule has 98 valence electrons. The molecule has 0 bridgehead atoms. The largest absolute Gasteiger partial charge is 0.449 e. The van der Waals surface area contributed by atoms with E-state index in [4.69, 9.17) is 4.74 Å². The van der Waals surface area contributed by atoms with Crippen LogP contribution in [-0.4, -0.2) is 37.7 Å². The number of hydrogen-bond acceptors (Lipinski definition) is 3. The number of nitrogens with one attached hydrogen (secondary N) is 1. The van der Waals surface area contributed by atoms with Crippen molar-refractivity contribution in [3.8, 4) is 0 Å². The monoisotopic (exact) mass is 248 g/mol. The Balaban J connectivity index is 1.91. The normalized spacial score (nSPS) is 19.7. The van der Waals surface area contributed by atoms with E-state index in [0.29, 0.717) is 19.1 Å². The number of amides is 1. The molecule has 18 heavy (non-hydrogen) atoms. The molecule has 0 radical (unpaired) electrons. The van der Waals surface area contributed by atoms with Crippen LogP contribution in [0.4, 0.5) is 4.79 Å². The zero-order chi connectivity index (χ0) is 12.8. The molecular formula is C14H20N2O2. The van der Waals surface area contributed by atoms with Crippen LogP contribution in [0.2, 0.25) is 0 Å². The van der Waals surface area contributed by atoms with E-state index in [1.54, 1.807) is 4.90 Å². The smallest absolute Gasteiger partial charge is 0.410 e. The fourth-order valence-electron chi connectivity index (χ4n) is 2.18. The number of nitrogens with zero attached hydrogens (tertiary/aromatic N) is 1. The van der Waals surface area contributed by atoms with Crippen molar-refractivity contribution in [3.63, 3.8) is 0 Å². The number of carbonyl (C=O) groups excluding carboxylic acids is 1. The van der Waals surface area contributed by atoms with Gasteiger partial charge in [0.05, 0.1) is 6.61 Å². The van der Waals surface area contributed by atoms with Crippen LogP contribution in [0.25, 0.3) is 0 Å². The van der Waals surface area contributed by atoms with Crippen LogP contribution in [0.5, 0.6) is 0 Å². The summed E-state index contributed by atoms with van der Waals surface area (Å²) in [6, 6.07) is 10.0. The molecule has 1 fully saturated rings. The van der Waals surface area contributed by atoms with Crippen LogP contribution in [0.3, 0.4) is 0 Å². The zero-order valence-electron chi connectivity index (χ0n) is 10.8. The quantitative estimate of drug-likeness (QED) is 0.865. The molecule has 0 saturated carbocycles. The van der Waals surface area contributed by atoms with Gasteiger partial charge in [0, 0.05) is 19.0 Å². The minimum atomic E-state index is -0.195. The van der Waals surface area contributed by atoms with Crippen LogP contribution in [0.15, 0.2) is 30.3 Å². The van der Waals surface area contributed by atoms with Gasteiger partial charge in [-0.2, -0.15) is 0 Å². The topological polar surface area (TPSA) is 41.6 Å². The van der Waals surface area contributed by atoms with E-state index >= 15 is 0 Å². The van der Waals surface area contributed by atoms with Gasteiger partial charge < -0.3 is 15.0 Å². The lowest BCUT2D eigenvalue weighted by molar-refractivity contribution is 0.0380. The van der Waals surface area contributed by atoms with Gasteiger partial charge in [0.25, 0.3) is 0 Å². The first kappa shape index (κ1) is 12.9. The third kappa shape index (κ3) is 3.47. The number of rotatable bonds is 5. The van der Waals surface area contributed by atoms with Crippen molar-refractivity contribution in [1.82, 2.24) is 10.2 Å². The Morgan fingerprint density at radius 2 is 2.17 bits per heavy atom. The molecule has 0 aromatic heterocycles. The maximum Gasteiger partial charge on any atom is 0.410 e. The third-order valence-electron chi connectivity index (χ3n) is 3.20. The zero-order valence-corrected chi connectivity index (χ0v) is 10.8. The Hall–Kier alpha value is -1.55. The van der Waals surface area contributed by atoms with Gasteiger partial charge in [-0.15, -0.1) is 0 Å². The summed E-state index contributed by atoms with van der Waals surface area (Å²) in [6.07, 6.45) is 0.842. The summed E-state index contributed by atoms with van der Waals surface area (Å²) in [6.45, 7) is 2.93. The Kier molecular flexibility index (Phi) is 4.59. The van der Waals surface area contributed by atoms with Crippen molar-refractivity contribution < 1.29 is 9.53 Å². The number of carbonyl (C=O) groups is 1. The van der Waals surface area contributed by atoms with Gasteiger partial charge in [0.15, 0.2) is 0 Å². The van der Waals surface area contributed by atoms with Crippen molar-refractivity contribution in [3.05, 3.63) is 35.9 Å². The highest BCUT2D eigenvalue weighted by molar-refractivity contribution is 5.68. The lowest BCUT2D eigenvalue weighted by Crippen LogP contribution is -2.43. The summed E-state index contributed by atoms with van der Waals surface area (Å²) in [7, 11) is 1.94. The Labute approximate surface area is 108 Å². The standard InChI is InChI=1S/C14H20N2O2/c1-15-8-7-13-10-16(14(17)18-11-13)9-12-5-3-2-4-6-12/h2-6,13,15H,7-11H2,1H3. The molecule has 1 aromatic rings. The lowest BCUT2D eigenvalue weighted by Gasteiger charge is -2.32. The van der Waals surface area contributed by atoms with E-state index in [2.05, 4.69) is 5.32 Å². The molecule has 0 aliphatic carbocycles. The summed E-state index contributed by atoms with van der Waals surface area (Å²) >= 11 is 0. The van der Waals surface area contributed by atoms with E-state index in [1.165, 1.54) is 0 Å². The average Bonchev–Trinajstić information content (AvgIpc) is 2.41. The Morgan fingerprint density at radius 1 is 1.39 bits per heavy atom. The molecule has 1 heterocycles. The second-order valence-corrected chi connectivity index (χ2v) is 4.70. The van der Waals surface area contributed by atoms with Crippen LogP contribution >= 0.6 is 0 Å². The van der Waals surface area contributed by atoms with E-state index in [1.807, 2.05) is 37.4 Å². The van der Waals surface area contributed by atoms with E-state index in [9.17, 15) is 4.79 Å². The molecular weight excluding hydrogens is 228 g/mol. The molecule has 4 heteroatoms. The van der Waals surface area contributed by atoms with Crippen molar-refractivity contribution in [2.24, 2.45) is 5.92 Å². The summed E-state index contributed by atoms with van der Waals surface area (Å²) in [4.78, 5) is 13.5. The van der Waals surface area contributed by atoms with Crippen molar-refractivity contribution in [1.29, 1.82) is 0 Å². The summed E-state index contributed by atoms with van der Waals surface area (Å²) < 4.78 is 5.23. The number of cyclic esters (lactones) is 1. The second-order valence-electron chi connectivity index (χ2n) is 4.70. The number of ether oxygens (including phenoxy) is 1. The lowest BCUT2D eigenvalue weighted by atomic mass is 10.0. The highest BCUT2D eigenvalue weighted by Gasteiger charge is 2.26. The van der Waals surface area contributed by atoms with E-state index in [-0.39, 0.29) is 6.09 Å². The first-order valence-electron chi connectivity index (χ1n) is 6.40. The molecule has 1 aliphatic rings. The summed E-state index contributed by atoms with van der Waals surface area (Å²) in [5.41, 5.74) is 1.14. The Bertz CT molecular complexity index is 381. The molecule has 1 aliphatic heterocycles. The SMILES string of the molecule is CNCCC1COC(=O)N(Cc2ccccc2)C1. The van der Waals surface area contributed by atoms with Crippen molar-refractivity contribution >= 4 is 6.09 Å². The van der Waals surface area contributed by atoms with Crippen LogP contribution in [0, 0.1) is 5.92 Å².